The van der Waals surface area contributed by atoms with E-state index in [1.807, 2.05) is 41.3 Å². The maximum atomic E-state index is 14.9. The number of hydrogen-bond donors (Lipinski definition) is 2. The van der Waals surface area contributed by atoms with Crippen LogP contribution < -0.4 is 29.9 Å². The molecule has 12 nitrogen and oxygen atoms in total. The molecule has 0 unspecified atom stereocenters. The standard InChI is InChI=1S/C30H40FN9O3/c1-21(41)37-10-12-38(13-11-37)22-7-9-26(28(19-22)43-5)34-30-32-20-24(31)29(35-30)33-25-8-6-23(18-27(25)42-4)39-14-16-40(17-15-39)36(2)3/h6-9,18-20H,10-17H2,1-5H3,(H2,32,33,34,35). The summed E-state index contributed by atoms with van der Waals surface area (Å²) in [6.45, 7) is 8.09. The minimum Gasteiger partial charge on any atom is -0.494 e. The molecule has 0 bridgehead atoms. The summed E-state index contributed by atoms with van der Waals surface area (Å²) in [5.41, 5.74) is 3.27. The van der Waals surface area contributed by atoms with E-state index in [1.165, 1.54) is 0 Å². The fraction of sp³-hybridized carbons (Fsp3) is 0.433. The van der Waals surface area contributed by atoms with Gasteiger partial charge in [0.05, 0.1) is 31.8 Å². The molecule has 1 aromatic heterocycles. The highest BCUT2D eigenvalue weighted by Crippen LogP contribution is 2.34. The molecule has 0 radical (unpaired) electrons. The molecule has 43 heavy (non-hydrogen) atoms. The Bertz CT molecular complexity index is 1420. The molecule has 0 saturated carbocycles. The Morgan fingerprint density at radius 1 is 0.837 bits per heavy atom. The number of carbonyl (C=O) groups excluding carboxylic acids is 1. The lowest BCUT2D eigenvalue weighted by Crippen LogP contribution is -2.51. The Balaban J connectivity index is 1.28. The zero-order valence-corrected chi connectivity index (χ0v) is 25.4. The normalized spacial score (nSPS) is 15.9. The molecular weight excluding hydrogens is 553 g/mol. The number of hydrogen-bond acceptors (Lipinski definition) is 11. The zero-order valence-electron chi connectivity index (χ0n) is 25.4. The van der Waals surface area contributed by atoms with Gasteiger partial charge in [0, 0.05) is 96.9 Å². The number of ether oxygens (including phenoxy) is 2. The number of nitrogens with zero attached hydrogens (tertiary/aromatic N) is 7. The number of halogens is 1. The summed E-state index contributed by atoms with van der Waals surface area (Å²) >= 11 is 0. The van der Waals surface area contributed by atoms with Crippen LogP contribution >= 0.6 is 0 Å². The molecule has 2 fully saturated rings. The predicted octanol–water partition coefficient (Wildman–Crippen LogP) is 3.39. The van der Waals surface area contributed by atoms with Crippen molar-refractivity contribution in [3.05, 3.63) is 48.4 Å². The van der Waals surface area contributed by atoms with Gasteiger partial charge >= 0.3 is 0 Å². The van der Waals surface area contributed by atoms with Gasteiger partial charge in [0.1, 0.15) is 11.5 Å². The van der Waals surface area contributed by atoms with Gasteiger partial charge in [-0.05, 0) is 24.3 Å². The second-order valence-corrected chi connectivity index (χ2v) is 10.7. The van der Waals surface area contributed by atoms with Crippen LogP contribution in [0.2, 0.25) is 0 Å². The maximum absolute atomic E-state index is 14.9. The van der Waals surface area contributed by atoms with E-state index in [1.54, 1.807) is 21.1 Å². The first kappa shape index (κ1) is 30.1. The first-order valence-electron chi connectivity index (χ1n) is 14.4. The second kappa shape index (κ2) is 13.3. The number of nitrogens with one attached hydrogen (secondary N) is 2. The largest absolute Gasteiger partial charge is 0.494 e. The lowest BCUT2D eigenvalue weighted by molar-refractivity contribution is -0.129. The average Bonchev–Trinajstić information content (AvgIpc) is 3.03. The van der Waals surface area contributed by atoms with E-state index in [0.717, 1.165) is 56.8 Å². The van der Waals surface area contributed by atoms with Crippen molar-refractivity contribution in [3.63, 3.8) is 0 Å². The number of carbonyl (C=O) groups is 1. The van der Waals surface area contributed by atoms with Crippen molar-refractivity contribution in [1.29, 1.82) is 0 Å². The van der Waals surface area contributed by atoms with Gasteiger partial charge in [-0.15, -0.1) is 0 Å². The van der Waals surface area contributed by atoms with E-state index in [2.05, 4.69) is 54.5 Å². The number of piperazine rings is 2. The maximum Gasteiger partial charge on any atom is 0.229 e. The number of benzene rings is 2. The first-order chi connectivity index (χ1) is 20.7. The molecule has 0 atom stereocenters. The SMILES string of the molecule is COc1cc(N2CCN(C(C)=O)CC2)ccc1Nc1ncc(F)c(Nc2ccc(N3CCN(N(C)C)CC3)cc2OC)n1. The monoisotopic (exact) mass is 593 g/mol. The molecule has 0 aliphatic carbocycles. The number of rotatable bonds is 9. The Kier molecular flexibility index (Phi) is 9.31. The Morgan fingerprint density at radius 2 is 1.37 bits per heavy atom. The molecule has 3 aromatic rings. The summed E-state index contributed by atoms with van der Waals surface area (Å²) in [6, 6.07) is 11.6. The highest BCUT2D eigenvalue weighted by atomic mass is 19.1. The van der Waals surface area contributed by atoms with E-state index in [9.17, 15) is 9.18 Å². The van der Waals surface area contributed by atoms with Crippen molar-refractivity contribution < 1.29 is 18.7 Å². The fourth-order valence-corrected chi connectivity index (χ4v) is 5.36. The summed E-state index contributed by atoms with van der Waals surface area (Å²) in [4.78, 5) is 26.6. The fourth-order valence-electron chi connectivity index (χ4n) is 5.36. The van der Waals surface area contributed by atoms with Gasteiger partial charge in [-0.1, -0.05) is 0 Å². The van der Waals surface area contributed by atoms with Crippen molar-refractivity contribution in [2.45, 2.75) is 6.92 Å². The number of methoxy groups -OCH3 is 2. The average molecular weight is 594 g/mol. The van der Waals surface area contributed by atoms with Crippen LogP contribution in [-0.4, -0.2) is 111 Å². The van der Waals surface area contributed by atoms with Gasteiger partial charge in [-0.2, -0.15) is 4.98 Å². The van der Waals surface area contributed by atoms with E-state index in [-0.39, 0.29) is 17.7 Å². The van der Waals surface area contributed by atoms with Gasteiger partial charge in [-0.25, -0.2) is 19.4 Å². The van der Waals surface area contributed by atoms with Crippen LogP contribution in [0.1, 0.15) is 6.92 Å². The smallest absolute Gasteiger partial charge is 0.229 e. The van der Waals surface area contributed by atoms with E-state index < -0.39 is 5.82 Å². The van der Waals surface area contributed by atoms with Crippen molar-refractivity contribution in [2.24, 2.45) is 0 Å². The summed E-state index contributed by atoms with van der Waals surface area (Å²) in [7, 11) is 7.30. The van der Waals surface area contributed by atoms with E-state index in [4.69, 9.17) is 9.47 Å². The summed E-state index contributed by atoms with van der Waals surface area (Å²) in [6.07, 6.45) is 1.12. The van der Waals surface area contributed by atoms with Crippen molar-refractivity contribution in [3.8, 4) is 11.5 Å². The highest BCUT2D eigenvalue weighted by Gasteiger charge is 2.21. The number of amides is 1. The van der Waals surface area contributed by atoms with Crippen LogP contribution in [0.5, 0.6) is 11.5 Å². The number of anilines is 6. The van der Waals surface area contributed by atoms with E-state index in [0.29, 0.717) is 36.0 Å². The molecular formula is C30H40FN9O3. The van der Waals surface area contributed by atoms with Crippen molar-refractivity contribution >= 4 is 40.4 Å². The third-order valence-corrected chi connectivity index (χ3v) is 7.89. The van der Waals surface area contributed by atoms with Crippen LogP contribution in [0.3, 0.4) is 0 Å². The molecule has 2 aliphatic heterocycles. The summed E-state index contributed by atoms with van der Waals surface area (Å²) in [5.74, 6) is 0.902. The van der Waals surface area contributed by atoms with Crippen molar-refractivity contribution in [1.82, 2.24) is 24.9 Å². The summed E-state index contributed by atoms with van der Waals surface area (Å²) < 4.78 is 26.2. The molecule has 5 rings (SSSR count). The predicted molar refractivity (Wildman–Crippen MR) is 166 cm³/mol. The van der Waals surface area contributed by atoms with Crippen LogP contribution in [0, 0.1) is 5.82 Å². The van der Waals surface area contributed by atoms with Gasteiger partial charge in [0.2, 0.25) is 11.9 Å². The quantitative estimate of drug-likeness (QED) is 0.382. The van der Waals surface area contributed by atoms with Crippen LogP contribution in [0.25, 0.3) is 0 Å². The highest BCUT2D eigenvalue weighted by molar-refractivity contribution is 5.74. The molecule has 0 spiro atoms. The second-order valence-electron chi connectivity index (χ2n) is 10.7. The van der Waals surface area contributed by atoms with Crippen LogP contribution in [0.4, 0.5) is 38.9 Å². The third kappa shape index (κ3) is 7.00. The topological polar surface area (TPSA) is 102 Å². The molecule has 2 N–H and O–H groups in total. The molecule has 2 saturated heterocycles. The molecule has 1 amide bonds. The van der Waals surface area contributed by atoms with Gasteiger partial charge in [0.15, 0.2) is 11.6 Å². The van der Waals surface area contributed by atoms with Gasteiger partial charge in [0.25, 0.3) is 0 Å². The van der Waals surface area contributed by atoms with Gasteiger partial charge in [-0.3, -0.25) is 4.79 Å². The first-order valence-corrected chi connectivity index (χ1v) is 14.4. The molecule has 13 heteroatoms. The molecule has 230 valence electrons. The number of hydrazine groups is 1. The summed E-state index contributed by atoms with van der Waals surface area (Å²) in [5, 5.41) is 10.6. The minimum atomic E-state index is -0.594. The van der Waals surface area contributed by atoms with Crippen LogP contribution in [-0.2, 0) is 4.79 Å². The zero-order chi connectivity index (χ0) is 30.5. The molecule has 2 aliphatic rings. The molecule has 2 aromatic carbocycles. The Morgan fingerprint density at radius 3 is 1.88 bits per heavy atom. The van der Waals surface area contributed by atoms with Crippen LogP contribution in [0.15, 0.2) is 42.6 Å². The Labute approximate surface area is 252 Å². The Hall–Kier alpha value is -4.36. The number of aromatic nitrogens is 2. The van der Waals surface area contributed by atoms with Crippen molar-refractivity contribution in [2.75, 3.05) is 101 Å². The lowest BCUT2D eigenvalue weighted by Gasteiger charge is -2.39. The molecule has 3 heterocycles. The minimum absolute atomic E-state index is 0.0158. The van der Waals surface area contributed by atoms with Gasteiger partial charge < -0.3 is 34.8 Å². The van der Waals surface area contributed by atoms with E-state index >= 15 is 0 Å². The lowest BCUT2D eigenvalue weighted by atomic mass is 10.2. The third-order valence-electron chi connectivity index (χ3n) is 7.89.